The molecule has 4 aromatic rings. The number of pyridine rings is 1. The van der Waals surface area contributed by atoms with Crippen LogP contribution < -0.4 is 5.56 Å². The number of nitriles is 1. The van der Waals surface area contributed by atoms with Crippen molar-refractivity contribution in [1.82, 2.24) is 18.9 Å². The van der Waals surface area contributed by atoms with Crippen LogP contribution in [0, 0.1) is 11.3 Å². The number of imidazole rings is 1. The van der Waals surface area contributed by atoms with Crippen molar-refractivity contribution in [2.24, 2.45) is 7.05 Å². The predicted octanol–water partition coefficient (Wildman–Crippen LogP) is 2.88. The molecule has 3 heterocycles. The highest BCUT2D eigenvalue weighted by atomic mass is 79.9. The van der Waals surface area contributed by atoms with Crippen LogP contribution in [0.4, 0.5) is 0 Å². The minimum atomic E-state index is -0.0495. The summed E-state index contributed by atoms with van der Waals surface area (Å²) in [5.41, 5.74) is 2.27. The van der Waals surface area contributed by atoms with Gasteiger partial charge in [-0.05, 0) is 39.5 Å². The molecule has 0 aliphatic heterocycles. The van der Waals surface area contributed by atoms with Crippen LogP contribution >= 0.6 is 15.9 Å². The number of fused-ring (bicyclic) bond motifs is 2. The summed E-state index contributed by atoms with van der Waals surface area (Å²) in [6.07, 6.45) is 5.15. The Hall–Kier alpha value is -2.98. The molecule has 7 heteroatoms. The SMILES string of the molecule is Cn1ccc2cc(-c3nc(C#N)c(Br)n4ccnc34)ccc2c1=O. The minimum Gasteiger partial charge on any atom is -0.318 e. The molecule has 4 rings (SSSR count). The summed E-state index contributed by atoms with van der Waals surface area (Å²) in [6.45, 7) is 0. The molecule has 0 spiro atoms. The first-order valence-electron chi connectivity index (χ1n) is 7.12. The third kappa shape index (κ3) is 2.04. The maximum Gasteiger partial charge on any atom is 0.258 e. The molecule has 0 aliphatic carbocycles. The summed E-state index contributed by atoms with van der Waals surface area (Å²) < 4.78 is 3.88. The number of halogens is 1. The molecular formula is C17H10BrN5O. The second-order valence-electron chi connectivity index (χ2n) is 5.37. The van der Waals surface area contributed by atoms with E-state index in [0.29, 0.717) is 21.3 Å². The molecule has 6 nitrogen and oxygen atoms in total. The Bertz CT molecular complexity index is 1220. The van der Waals surface area contributed by atoms with Gasteiger partial charge >= 0.3 is 0 Å². The predicted molar refractivity (Wildman–Crippen MR) is 93.6 cm³/mol. The first kappa shape index (κ1) is 14.6. The molecule has 24 heavy (non-hydrogen) atoms. The van der Waals surface area contributed by atoms with E-state index in [-0.39, 0.29) is 11.3 Å². The van der Waals surface area contributed by atoms with Crippen LogP contribution in [0.3, 0.4) is 0 Å². The van der Waals surface area contributed by atoms with Crippen LogP contribution in [-0.4, -0.2) is 18.9 Å². The van der Waals surface area contributed by atoms with Gasteiger partial charge < -0.3 is 4.57 Å². The third-order valence-corrected chi connectivity index (χ3v) is 4.70. The van der Waals surface area contributed by atoms with Crippen molar-refractivity contribution in [3.05, 3.63) is 63.5 Å². The molecule has 0 N–H and O–H groups in total. The Kier molecular flexibility index (Phi) is 3.22. The Labute approximate surface area is 144 Å². The quantitative estimate of drug-likeness (QED) is 0.509. The Morgan fingerprint density at radius 1 is 1.25 bits per heavy atom. The van der Waals surface area contributed by atoms with E-state index in [1.54, 1.807) is 40.7 Å². The van der Waals surface area contributed by atoms with E-state index in [2.05, 4.69) is 32.0 Å². The van der Waals surface area contributed by atoms with Crippen molar-refractivity contribution in [3.63, 3.8) is 0 Å². The van der Waals surface area contributed by atoms with E-state index in [1.807, 2.05) is 18.2 Å². The third-order valence-electron chi connectivity index (χ3n) is 3.94. The van der Waals surface area contributed by atoms with Gasteiger partial charge in [-0.3, -0.25) is 9.20 Å². The van der Waals surface area contributed by atoms with E-state index < -0.39 is 0 Å². The molecule has 3 aromatic heterocycles. The lowest BCUT2D eigenvalue weighted by molar-refractivity contribution is 0.873. The van der Waals surface area contributed by atoms with Crippen LogP contribution in [-0.2, 0) is 7.05 Å². The van der Waals surface area contributed by atoms with Gasteiger partial charge in [0.15, 0.2) is 11.3 Å². The lowest BCUT2D eigenvalue weighted by atomic mass is 10.1. The van der Waals surface area contributed by atoms with E-state index in [4.69, 9.17) is 0 Å². The molecule has 0 unspecified atom stereocenters. The fraction of sp³-hybridized carbons (Fsp3) is 0.0588. The van der Waals surface area contributed by atoms with Crippen LogP contribution in [0.2, 0.25) is 0 Å². The maximum atomic E-state index is 12.2. The van der Waals surface area contributed by atoms with Gasteiger partial charge in [0, 0.05) is 36.6 Å². The highest BCUT2D eigenvalue weighted by Crippen LogP contribution is 2.28. The highest BCUT2D eigenvalue weighted by molar-refractivity contribution is 9.10. The molecular weight excluding hydrogens is 370 g/mol. The smallest absolute Gasteiger partial charge is 0.258 e. The van der Waals surface area contributed by atoms with Gasteiger partial charge in [-0.1, -0.05) is 6.07 Å². The van der Waals surface area contributed by atoms with Gasteiger partial charge in [0.05, 0.1) is 0 Å². The zero-order valence-corrected chi connectivity index (χ0v) is 14.1. The monoisotopic (exact) mass is 379 g/mol. The summed E-state index contributed by atoms with van der Waals surface area (Å²) >= 11 is 3.38. The van der Waals surface area contributed by atoms with Gasteiger partial charge in [0.2, 0.25) is 0 Å². The average molecular weight is 380 g/mol. The van der Waals surface area contributed by atoms with Crippen LogP contribution in [0.1, 0.15) is 5.69 Å². The first-order valence-corrected chi connectivity index (χ1v) is 7.92. The number of aromatic nitrogens is 4. The van der Waals surface area contributed by atoms with E-state index in [1.165, 1.54) is 0 Å². The standard InChI is InChI=1S/C17H10BrN5O/c1-22-6-4-10-8-11(2-3-12(10)17(22)24)14-16-20-5-7-23(16)15(18)13(9-19)21-14/h2-8H,1H3. The van der Waals surface area contributed by atoms with Crippen LogP contribution in [0.5, 0.6) is 0 Å². The molecule has 0 saturated carbocycles. The average Bonchev–Trinajstić information content (AvgIpc) is 3.09. The summed E-state index contributed by atoms with van der Waals surface area (Å²) in [5, 5.41) is 10.8. The van der Waals surface area contributed by atoms with E-state index in [9.17, 15) is 10.1 Å². The number of rotatable bonds is 1. The largest absolute Gasteiger partial charge is 0.318 e. The topological polar surface area (TPSA) is 76.0 Å². The summed E-state index contributed by atoms with van der Waals surface area (Å²) in [7, 11) is 1.72. The normalized spacial score (nSPS) is 11.0. The summed E-state index contributed by atoms with van der Waals surface area (Å²) in [6, 6.07) is 9.46. The van der Waals surface area contributed by atoms with E-state index in [0.717, 1.165) is 10.9 Å². The maximum absolute atomic E-state index is 12.2. The summed E-state index contributed by atoms with van der Waals surface area (Å²) in [4.78, 5) is 20.9. The Balaban J connectivity index is 2.05. The Morgan fingerprint density at radius 3 is 2.88 bits per heavy atom. The van der Waals surface area contributed by atoms with Crippen molar-refractivity contribution in [3.8, 4) is 17.3 Å². The van der Waals surface area contributed by atoms with Crippen LogP contribution in [0.15, 0.2) is 52.3 Å². The fourth-order valence-corrected chi connectivity index (χ4v) is 3.18. The van der Waals surface area contributed by atoms with Crippen LogP contribution in [0.25, 0.3) is 27.7 Å². The number of nitrogens with zero attached hydrogens (tertiary/aromatic N) is 5. The molecule has 0 aliphatic rings. The number of hydrogen-bond donors (Lipinski definition) is 0. The van der Waals surface area contributed by atoms with Gasteiger partial charge in [-0.2, -0.15) is 5.26 Å². The van der Waals surface area contributed by atoms with Gasteiger partial charge in [-0.25, -0.2) is 9.97 Å². The zero-order chi connectivity index (χ0) is 16.8. The van der Waals surface area contributed by atoms with Gasteiger partial charge in [0.1, 0.15) is 16.4 Å². The van der Waals surface area contributed by atoms with Crippen molar-refractivity contribution in [2.75, 3.05) is 0 Å². The van der Waals surface area contributed by atoms with Gasteiger partial charge in [0.25, 0.3) is 5.56 Å². The minimum absolute atomic E-state index is 0.0495. The molecule has 116 valence electrons. The second kappa shape index (κ2) is 5.28. The highest BCUT2D eigenvalue weighted by Gasteiger charge is 2.15. The van der Waals surface area contributed by atoms with Crippen molar-refractivity contribution in [1.29, 1.82) is 5.26 Å². The summed E-state index contributed by atoms with van der Waals surface area (Å²) in [5.74, 6) is 0. The van der Waals surface area contributed by atoms with Crippen molar-refractivity contribution in [2.45, 2.75) is 0 Å². The lowest BCUT2D eigenvalue weighted by Gasteiger charge is -2.08. The fourth-order valence-electron chi connectivity index (χ4n) is 2.72. The number of aryl methyl sites for hydroxylation is 1. The number of benzene rings is 1. The Morgan fingerprint density at radius 2 is 2.08 bits per heavy atom. The molecule has 0 radical (unpaired) electrons. The molecule has 0 saturated heterocycles. The van der Waals surface area contributed by atoms with E-state index >= 15 is 0 Å². The zero-order valence-electron chi connectivity index (χ0n) is 12.6. The lowest BCUT2D eigenvalue weighted by Crippen LogP contribution is -2.15. The molecule has 0 atom stereocenters. The molecule has 0 fully saturated rings. The molecule has 0 amide bonds. The van der Waals surface area contributed by atoms with Gasteiger partial charge in [-0.15, -0.1) is 0 Å². The molecule has 1 aromatic carbocycles. The molecule has 0 bridgehead atoms. The number of hydrogen-bond acceptors (Lipinski definition) is 4. The van der Waals surface area contributed by atoms with Crippen molar-refractivity contribution < 1.29 is 0 Å². The van der Waals surface area contributed by atoms with Crippen molar-refractivity contribution >= 4 is 32.3 Å². The first-order chi connectivity index (χ1) is 11.6. The second-order valence-corrected chi connectivity index (χ2v) is 6.12.